The molecular formula is C15H11N3O. The van der Waals surface area contributed by atoms with E-state index < -0.39 is 0 Å². The number of aromatic nitrogens is 1. The van der Waals surface area contributed by atoms with Crippen LogP contribution in [0.25, 0.3) is 0 Å². The number of benzene rings is 1. The predicted octanol–water partition coefficient (Wildman–Crippen LogP) is 2.44. The summed E-state index contributed by atoms with van der Waals surface area (Å²) in [5.41, 5.74) is 4.35. The highest BCUT2D eigenvalue weighted by Crippen LogP contribution is 2.33. The standard InChI is InChI=1S/C15H11N3O/c1-9-6-11-13(16-7-9)14-17-12-5-3-2-4-10(12)8-18(14)15(11)19/h2-7H,8H2,1H3. The lowest BCUT2D eigenvalue weighted by Crippen LogP contribution is -2.32. The van der Waals surface area contributed by atoms with Gasteiger partial charge in [-0.05, 0) is 30.2 Å². The van der Waals surface area contributed by atoms with Gasteiger partial charge < -0.3 is 0 Å². The van der Waals surface area contributed by atoms with E-state index in [0.29, 0.717) is 23.6 Å². The lowest BCUT2D eigenvalue weighted by atomic mass is 10.1. The summed E-state index contributed by atoms with van der Waals surface area (Å²) in [7, 11) is 0. The quantitative estimate of drug-likeness (QED) is 0.719. The second-order valence-electron chi connectivity index (χ2n) is 4.86. The third-order valence-corrected chi connectivity index (χ3v) is 3.51. The molecule has 4 heteroatoms. The van der Waals surface area contributed by atoms with Crippen LogP contribution in [0.15, 0.2) is 41.5 Å². The molecule has 0 radical (unpaired) electrons. The molecule has 0 saturated heterocycles. The van der Waals surface area contributed by atoms with Gasteiger partial charge in [-0.25, -0.2) is 4.99 Å². The maximum Gasteiger partial charge on any atom is 0.262 e. The minimum absolute atomic E-state index is 0.000506. The predicted molar refractivity (Wildman–Crippen MR) is 71.5 cm³/mol. The Bertz CT molecular complexity index is 749. The molecule has 4 rings (SSSR count). The number of para-hydroxylation sites is 1. The number of aryl methyl sites for hydroxylation is 1. The number of carbonyl (C=O) groups excluding carboxylic acids is 1. The third kappa shape index (κ3) is 1.37. The normalized spacial score (nSPS) is 15.7. The smallest absolute Gasteiger partial charge is 0.262 e. The molecule has 2 aliphatic rings. The zero-order valence-corrected chi connectivity index (χ0v) is 10.4. The first kappa shape index (κ1) is 10.4. The first-order valence-electron chi connectivity index (χ1n) is 6.19. The molecule has 2 aliphatic heterocycles. The lowest BCUT2D eigenvalue weighted by Gasteiger charge is -2.22. The van der Waals surface area contributed by atoms with E-state index in [0.717, 1.165) is 16.8 Å². The van der Waals surface area contributed by atoms with Gasteiger partial charge >= 0.3 is 0 Å². The molecule has 1 amide bonds. The number of amidine groups is 1. The summed E-state index contributed by atoms with van der Waals surface area (Å²) < 4.78 is 0. The summed E-state index contributed by atoms with van der Waals surface area (Å²) in [6.07, 6.45) is 1.78. The average molecular weight is 249 g/mol. The van der Waals surface area contributed by atoms with Crippen molar-refractivity contribution in [2.45, 2.75) is 13.5 Å². The Morgan fingerprint density at radius 2 is 2.11 bits per heavy atom. The molecule has 0 aliphatic carbocycles. The minimum Gasteiger partial charge on any atom is -0.286 e. The summed E-state index contributed by atoms with van der Waals surface area (Å²) >= 11 is 0. The molecule has 1 aromatic heterocycles. The van der Waals surface area contributed by atoms with Crippen molar-refractivity contribution in [2.75, 3.05) is 0 Å². The van der Waals surface area contributed by atoms with Crippen molar-refractivity contribution in [3.05, 3.63) is 58.9 Å². The molecule has 0 fully saturated rings. The van der Waals surface area contributed by atoms with Gasteiger partial charge in [0.1, 0.15) is 5.69 Å². The highest BCUT2D eigenvalue weighted by molar-refractivity contribution is 6.23. The van der Waals surface area contributed by atoms with Gasteiger partial charge in [0.2, 0.25) is 0 Å². The van der Waals surface area contributed by atoms with Crippen LogP contribution in [-0.4, -0.2) is 21.6 Å². The first-order valence-corrected chi connectivity index (χ1v) is 6.19. The second-order valence-corrected chi connectivity index (χ2v) is 4.86. The molecule has 0 atom stereocenters. The number of fused-ring (bicyclic) bond motifs is 4. The Hall–Kier alpha value is -2.49. The van der Waals surface area contributed by atoms with E-state index in [2.05, 4.69) is 9.98 Å². The van der Waals surface area contributed by atoms with Crippen LogP contribution in [0.5, 0.6) is 0 Å². The fraction of sp³-hybridized carbons (Fsp3) is 0.133. The Labute approximate surface area is 110 Å². The molecule has 2 aromatic rings. The summed E-state index contributed by atoms with van der Waals surface area (Å²) in [6.45, 7) is 2.51. The maximum absolute atomic E-state index is 12.4. The number of hydrogen-bond acceptors (Lipinski definition) is 3. The number of rotatable bonds is 0. The van der Waals surface area contributed by atoms with Crippen molar-refractivity contribution in [1.82, 2.24) is 9.88 Å². The molecule has 4 nitrogen and oxygen atoms in total. The molecule has 0 spiro atoms. The van der Waals surface area contributed by atoms with Gasteiger partial charge in [-0.3, -0.25) is 14.7 Å². The van der Waals surface area contributed by atoms with Crippen molar-refractivity contribution < 1.29 is 4.79 Å². The summed E-state index contributed by atoms with van der Waals surface area (Å²) in [6, 6.07) is 9.78. The Balaban J connectivity index is 1.95. The molecule has 19 heavy (non-hydrogen) atoms. The fourth-order valence-electron chi connectivity index (χ4n) is 2.58. The highest BCUT2D eigenvalue weighted by atomic mass is 16.2. The number of hydrogen-bond donors (Lipinski definition) is 0. The van der Waals surface area contributed by atoms with E-state index in [1.165, 1.54) is 0 Å². The van der Waals surface area contributed by atoms with E-state index in [9.17, 15) is 4.79 Å². The van der Waals surface area contributed by atoms with E-state index in [1.807, 2.05) is 37.3 Å². The van der Waals surface area contributed by atoms with E-state index in [1.54, 1.807) is 11.1 Å². The molecule has 1 aromatic carbocycles. The summed E-state index contributed by atoms with van der Waals surface area (Å²) in [5, 5.41) is 0. The van der Waals surface area contributed by atoms with Crippen molar-refractivity contribution in [3.63, 3.8) is 0 Å². The molecule has 0 saturated carbocycles. The van der Waals surface area contributed by atoms with Crippen molar-refractivity contribution in [2.24, 2.45) is 4.99 Å². The maximum atomic E-state index is 12.4. The van der Waals surface area contributed by atoms with Crippen LogP contribution in [0, 0.1) is 6.92 Å². The van der Waals surface area contributed by atoms with Crippen LogP contribution < -0.4 is 0 Å². The highest BCUT2D eigenvalue weighted by Gasteiger charge is 2.37. The monoisotopic (exact) mass is 249 g/mol. The van der Waals surface area contributed by atoms with Gasteiger partial charge in [0.05, 0.1) is 17.8 Å². The van der Waals surface area contributed by atoms with Gasteiger partial charge in [-0.1, -0.05) is 18.2 Å². The SMILES string of the molecule is Cc1cnc2c(c1)C(=O)N1Cc3ccccc3N=C21. The van der Waals surface area contributed by atoms with Gasteiger partial charge in [0.25, 0.3) is 5.91 Å². The van der Waals surface area contributed by atoms with Crippen LogP contribution in [-0.2, 0) is 6.54 Å². The fourth-order valence-corrected chi connectivity index (χ4v) is 2.58. The number of aliphatic imine (C=N–C) groups is 1. The molecular weight excluding hydrogens is 238 g/mol. The van der Waals surface area contributed by atoms with Crippen molar-refractivity contribution >= 4 is 17.4 Å². The zero-order valence-electron chi connectivity index (χ0n) is 10.4. The van der Waals surface area contributed by atoms with Crippen LogP contribution in [0.4, 0.5) is 5.69 Å². The molecule has 3 heterocycles. The average Bonchev–Trinajstić information content (AvgIpc) is 2.69. The Morgan fingerprint density at radius 3 is 3.00 bits per heavy atom. The Morgan fingerprint density at radius 1 is 1.26 bits per heavy atom. The van der Waals surface area contributed by atoms with Gasteiger partial charge in [-0.2, -0.15) is 0 Å². The van der Waals surface area contributed by atoms with E-state index >= 15 is 0 Å². The summed E-state index contributed by atoms with van der Waals surface area (Å²) in [5.74, 6) is 0.679. The molecule has 0 N–H and O–H groups in total. The van der Waals surface area contributed by atoms with Gasteiger partial charge in [0, 0.05) is 6.20 Å². The molecule has 0 bridgehead atoms. The Kier molecular flexibility index (Phi) is 1.93. The van der Waals surface area contributed by atoms with Crippen LogP contribution in [0.1, 0.15) is 27.2 Å². The first-order chi connectivity index (χ1) is 9.24. The largest absolute Gasteiger partial charge is 0.286 e. The second kappa shape index (κ2) is 3.51. The van der Waals surface area contributed by atoms with Gasteiger partial charge in [0.15, 0.2) is 5.84 Å². The number of nitrogens with zero attached hydrogens (tertiary/aromatic N) is 3. The van der Waals surface area contributed by atoms with Crippen LogP contribution in [0.3, 0.4) is 0 Å². The van der Waals surface area contributed by atoms with E-state index in [-0.39, 0.29) is 5.91 Å². The minimum atomic E-state index is -0.000506. The third-order valence-electron chi connectivity index (χ3n) is 3.51. The number of pyridine rings is 1. The molecule has 92 valence electrons. The van der Waals surface area contributed by atoms with Crippen molar-refractivity contribution in [3.8, 4) is 0 Å². The number of amides is 1. The zero-order chi connectivity index (χ0) is 13.0. The summed E-state index contributed by atoms with van der Waals surface area (Å²) in [4.78, 5) is 23.1. The van der Waals surface area contributed by atoms with Crippen molar-refractivity contribution in [1.29, 1.82) is 0 Å². The topological polar surface area (TPSA) is 45.6 Å². The van der Waals surface area contributed by atoms with Crippen LogP contribution >= 0.6 is 0 Å². The lowest BCUT2D eigenvalue weighted by molar-refractivity contribution is 0.0851. The molecule has 0 unspecified atom stereocenters. The number of carbonyl (C=O) groups is 1. The van der Waals surface area contributed by atoms with Gasteiger partial charge in [-0.15, -0.1) is 0 Å². The van der Waals surface area contributed by atoms with E-state index in [4.69, 9.17) is 0 Å². The van der Waals surface area contributed by atoms with Crippen LogP contribution in [0.2, 0.25) is 0 Å².